The number of urea groups is 1. The average Bonchev–Trinajstić information content (AvgIpc) is 3.15. The first-order valence-corrected chi connectivity index (χ1v) is 12.3. The quantitative estimate of drug-likeness (QED) is 0.321. The third-order valence-corrected chi connectivity index (χ3v) is 8.32. The molecule has 0 fully saturated rings. The summed E-state index contributed by atoms with van der Waals surface area (Å²) < 4.78 is 1.98. The van der Waals surface area contributed by atoms with Crippen LogP contribution in [0.5, 0.6) is 0 Å². The topological polar surface area (TPSA) is 23.6 Å². The number of fused-ring (bicyclic) bond motifs is 10. The van der Waals surface area contributed by atoms with E-state index in [0.717, 1.165) is 33.2 Å². The maximum absolute atomic E-state index is 13.8. The van der Waals surface area contributed by atoms with E-state index in [1.807, 2.05) is 13.1 Å². The van der Waals surface area contributed by atoms with E-state index in [2.05, 4.69) is 92.2 Å². The molecule has 3 aliphatic rings. The van der Waals surface area contributed by atoms with E-state index in [0.29, 0.717) is 11.8 Å². The van der Waals surface area contributed by atoms with Gasteiger partial charge in [-0.15, -0.1) is 0 Å². The van der Waals surface area contributed by atoms with E-state index in [1.54, 1.807) is 4.90 Å². The number of amides is 2. The molecule has 5 heteroatoms. The highest BCUT2D eigenvalue weighted by atomic mass is 79.9. The first-order valence-electron chi connectivity index (χ1n) is 10.8. The number of rotatable bonds is 1. The molecule has 6 rings (SSSR count). The summed E-state index contributed by atoms with van der Waals surface area (Å²) in [6, 6.07) is 19.8. The number of anilines is 2. The summed E-state index contributed by atoms with van der Waals surface area (Å²) >= 11 is 7.42. The molecule has 31 heavy (non-hydrogen) atoms. The number of halogens is 2. The van der Waals surface area contributed by atoms with Gasteiger partial charge in [0.05, 0.1) is 17.4 Å². The van der Waals surface area contributed by atoms with Crippen molar-refractivity contribution in [1.29, 1.82) is 0 Å². The molecule has 0 spiro atoms. The minimum absolute atomic E-state index is 0.00452. The van der Waals surface area contributed by atoms with Crippen LogP contribution < -0.4 is 9.80 Å². The zero-order chi connectivity index (χ0) is 21.4. The van der Waals surface area contributed by atoms with Crippen molar-refractivity contribution in [3.05, 3.63) is 91.4 Å². The Labute approximate surface area is 199 Å². The zero-order valence-electron chi connectivity index (χ0n) is 17.4. The minimum atomic E-state index is 0.00452. The van der Waals surface area contributed by atoms with Gasteiger partial charge < -0.3 is 0 Å². The number of benzene rings is 3. The molecule has 3 aromatic rings. The van der Waals surface area contributed by atoms with E-state index in [-0.39, 0.29) is 12.1 Å². The van der Waals surface area contributed by atoms with Crippen LogP contribution in [-0.2, 0) is 12.8 Å². The fraction of sp³-hybridized carbons (Fsp3) is 0.269. The first-order chi connectivity index (χ1) is 15.0. The Morgan fingerprint density at radius 2 is 1.81 bits per heavy atom. The van der Waals surface area contributed by atoms with Gasteiger partial charge in [-0.05, 0) is 75.1 Å². The van der Waals surface area contributed by atoms with Crippen LogP contribution in [0.4, 0.5) is 16.2 Å². The van der Waals surface area contributed by atoms with Crippen molar-refractivity contribution in [3.8, 4) is 0 Å². The Morgan fingerprint density at radius 1 is 1.00 bits per heavy atom. The van der Waals surface area contributed by atoms with Gasteiger partial charge in [-0.3, -0.25) is 9.80 Å². The molecule has 0 saturated carbocycles. The van der Waals surface area contributed by atoms with Gasteiger partial charge in [-0.2, -0.15) is 0 Å². The van der Waals surface area contributed by atoms with Crippen molar-refractivity contribution >= 4 is 49.3 Å². The summed E-state index contributed by atoms with van der Waals surface area (Å²) in [5.41, 5.74) is 8.69. The first kappa shape index (κ1) is 19.6. The Kier molecular flexibility index (Phi) is 4.38. The minimum Gasteiger partial charge on any atom is -0.296 e. The van der Waals surface area contributed by atoms with E-state index in [4.69, 9.17) is 0 Å². The van der Waals surface area contributed by atoms with Gasteiger partial charge in [-0.25, -0.2) is 4.79 Å². The second-order valence-electron chi connectivity index (χ2n) is 8.77. The molecule has 2 aliphatic heterocycles. The molecular formula is C26H22Br2N2O. The van der Waals surface area contributed by atoms with Gasteiger partial charge >= 0.3 is 6.03 Å². The highest BCUT2D eigenvalue weighted by Gasteiger charge is 2.52. The van der Waals surface area contributed by atoms with Crippen LogP contribution in [0.1, 0.15) is 46.7 Å². The second kappa shape index (κ2) is 6.94. The molecule has 3 aromatic carbocycles. The Hall–Kier alpha value is -2.11. The summed E-state index contributed by atoms with van der Waals surface area (Å²) in [4.78, 5) is 17.6. The third-order valence-electron chi connectivity index (χ3n) is 7.26. The van der Waals surface area contributed by atoms with Crippen LogP contribution in [-0.4, -0.2) is 13.1 Å². The van der Waals surface area contributed by atoms with Gasteiger partial charge in [0.2, 0.25) is 0 Å². The molecule has 2 amide bonds. The van der Waals surface area contributed by atoms with Crippen LogP contribution >= 0.6 is 31.9 Å². The fourth-order valence-corrected chi connectivity index (χ4v) is 7.49. The smallest absolute Gasteiger partial charge is 0.296 e. The van der Waals surface area contributed by atoms with Crippen molar-refractivity contribution in [1.82, 2.24) is 0 Å². The van der Waals surface area contributed by atoms with E-state index in [1.165, 1.54) is 27.8 Å². The lowest BCUT2D eigenvalue weighted by molar-refractivity contribution is 0.241. The highest BCUT2D eigenvalue weighted by molar-refractivity contribution is 9.11. The average molecular weight is 538 g/mol. The molecule has 0 N–H and O–H groups in total. The predicted octanol–water partition coefficient (Wildman–Crippen LogP) is 7.21. The number of carbonyl (C=O) groups is 1. The third kappa shape index (κ3) is 2.66. The number of hydrogen-bond donors (Lipinski definition) is 0. The molecular weight excluding hydrogens is 516 g/mol. The van der Waals surface area contributed by atoms with E-state index < -0.39 is 0 Å². The zero-order valence-corrected chi connectivity index (χ0v) is 20.6. The molecule has 0 unspecified atom stereocenters. The van der Waals surface area contributed by atoms with E-state index in [9.17, 15) is 4.79 Å². The van der Waals surface area contributed by atoms with Crippen molar-refractivity contribution in [2.45, 2.75) is 31.7 Å². The van der Waals surface area contributed by atoms with Crippen LogP contribution in [0, 0.1) is 5.92 Å². The number of nitrogens with zero attached hydrogens (tertiary/aromatic N) is 2. The molecule has 0 saturated heterocycles. The molecule has 3 nitrogen and oxygen atoms in total. The summed E-state index contributed by atoms with van der Waals surface area (Å²) in [6.07, 6.45) is 1.98. The maximum atomic E-state index is 13.8. The normalized spacial score (nSPS) is 23.1. The van der Waals surface area contributed by atoms with Gasteiger partial charge in [0.1, 0.15) is 0 Å². The molecule has 0 bridgehead atoms. The van der Waals surface area contributed by atoms with Gasteiger partial charge in [0, 0.05) is 27.5 Å². The van der Waals surface area contributed by atoms with Gasteiger partial charge in [0.25, 0.3) is 0 Å². The monoisotopic (exact) mass is 536 g/mol. The fourth-order valence-electron chi connectivity index (χ4n) is 5.97. The molecule has 0 radical (unpaired) electrons. The van der Waals surface area contributed by atoms with Crippen LogP contribution in [0.2, 0.25) is 0 Å². The Balaban J connectivity index is 1.66. The lowest BCUT2D eigenvalue weighted by atomic mass is 9.73. The predicted molar refractivity (Wildman–Crippen MR) is 132 cm³/mol. The number of carbonyl (C=O) groups excluding carboxylic acids is 1. The largest absolute Gasteiger partial charge is 0.329 e. The molecule has 2 heterocycles. The molecule has 156 valence electrons. The summed E-state index contributed by atoms with van der Waals surface area (Å²) in [5, 5.41) is 0. The summed E-state index contributed by atoms with van der Waals surface area (Å²) in [5.74, 6) is 0.621. The van der Waals surface area contributed by atoms with Crippen molar-refractivity contribution < 1.29 is 4.79 Å². The van der Waals surface area contributed by atoms with Crippen molar-refractivity contribution in [3.63, 3.8) is 0 Å². The van der Waals surface area contributed by atoms with Crippen LogP contribution in [0.25, 0.3) is 0 Å². The Bertz CT molecular complexity index is 1250. The maximum Gasteiger partial charge on any atom is 0.329 e. The SMILES string of the molecule is CCc1ccc2c(c1)[C@H]1c3ccccc3C[C@H]1[C@H]1c3cc(Br)cc(Br)c3N(C)C(=O)N21. The molecule has 1 aliphatic carbocycles. The van der Waals surface area contributed by atoms with Crippen molar-refractivity contribution in [2.75, 3.05) is 16.8 Å². The lowest BCUT2D eigenvalue weighted by Gasteiger charge is -2.50. The van der Waals surface area contributed by atoms with E-state index >= 15 is 0 Å². The molecule has 3 atom stereocenters. The summed E-state index contributed by atoms with van der Waals surface area (Å²) in [6.45, 7) is 2.19. The van der Waals surface area contributed by atoms with Gasteiger partial charge in [0.15, 0.2) is 0 Å². The molecule has 0 aromatic heterocycles. The number of hydrogen-bond acceptors (Lipinski definition) is 1. The highest BCUT2D eigenvalue weighted by Crippen LogP contribution is 2.59. The van der Waals surface area contributed by atoms with Crippen LogP contribution in [0.3, 0.4) is 0 Å². The van der Waals surface area contributed by atoms with Gasteiger partial charge in [-0.1, -0.05) is 59.3 Å². The summed E-state index contributed by atoms with van der Waals surface area (Å²) in [7, 11) is 1.88. The lowest BCUT2D eigenvalue weighted by Crippen LogP contribution is -2.53. The Morgan fingerprint density at radius 3 is 2.61 bits per heavy atom. The van der Waals surface area contributed by atoms with Crippen LogP contribution in [0.15, 0.2) is 63.5 Å². The number of aryl methyl sites for hydroxylation is 1. The van der Waals surface area contributed by atoms with Crippen molar-refractivity contribution in [2.24, 2.45) is 5.92 Å². The standard InChI is InChI=1S/C26H22Br2N2O/c1-3-14-8-9-22-18(10-14)23-17-7-5-4-6-15(17)11-19(23)24-20-12-16(27)13-21(28)25(20)29(2)26(31)30(22)24/h4-10,12-13,19,23-24H,3,11H2,1-2H3/t19-,23-,24+/m1/s1. The second-order valence-corrected chi connectivity index (χ2v) is 10.5.